The van der Waals surface area contributed by atoms with Gasteiger partial charge in [0.1, 0.15) is 5.85 Å². The predicted octanol–water partition coefficient (Wildman–Crippen LogP) is 3.42. The summed E-state index contributed by atoms with van der Waals surface area (Å²) in [7, 11) is -3.30. The smallest absolute Gasteiger partial charge is 0.217 e. The molecule has 5 nitrogen and oxygen atoms in total. The second kappa shape index (κ2) is 11.3. The predicted molar refractivity (Wildman–Crippen MR) is 118 cm³/mol. The summed E-state index contributed by atoms with van der Waals surface area (Å²) < 4.78 is 20.5. The van der Waals surface area contributed by atoms with E-state index in [1.165, 1.54) is 6.92 Å². The highest BCUT2D eigenvalue weighted by molar-refractivity contribution is 7.79. The van der Waals surface area contributed by atoms with Crippen LogP contribution in [0.5, 0.6) is 0 Å². The first-order valence-electron chi connectivity index (χ1n) is 10.2. The molecule has 0 heterocycles. The normalized spacial score (nSPS) is 14.8. The Labute approximate surface area is 173 Å². The average Bonchev–Trinajstić information content (AvgIpc) is 2.72. The zero-order valence-electron chi connectivity index (χ0n) is 17.5. The molecule has 0 radical (unpaired) electrons. The highest BCUT2D eigenvalue weighted by atomic mass is 31.2. The molecule has 2 aromatic carbocycles. The second-order valence-corrected chi connectivity index (χ2v) is 10.0. The Hall–Kier alpha value is -1.94. The van der Waals surface area contributed by atoms with Crippen LogP contribution in [0.1, 0.15) is 40.0 Å². The van der Waals surface area contributed by atoms with Crippen LogP contribution in [0, 0.1) is 0 Å². The van der Waals surface area contributed by atoms with Crippen LogP contribution >= 0.6 is 7.14 Å². The molecule has 2 aromatic rings. The van der Waals surface area contributed by atoms with Crippen LogP contribution in [0.4, 0.5) is 0 Å². The van der Waals surface area contributed by atoms with Crippen molar-refractivity contribution in [1.29, 1.82) is 0 Å². The number of nitrogens with one attached hydrogen (secondary N) is 1. The fourth-order valence-corrected chi connectivity index (χ4v) is 6.75. The molecule has 0 unspecified atom stereocenters. The van der Waals surface area contributed by atoms with Crippen LogP contribution in [-0.2, 0) is 14.1 Å². The molecule has 0 aliphatic carbocycles. The van der Waals surface area contributed by atoms with Crippen LogP contribution in [0.2, 0.25) is 0 Å². The van der Waals surface area contributed by atoms with Gasteiger partial charge in [0, 0.05) is 30.2 Å². The van der Waals surface area contributed by atoms with Crippen molar-refractivity contribution in [2.24, 2.45) is 0 Å². The summed E-state index contributed by atoms with van der Waals surface area (Å²) in [4.78, 5) is 11.6. The van der Waals surface area contributed by atoms with Gasteiger partial charge in [0.25, 0.3) is 0 Å². The number of ether oxygens (including phenoxy) is 1. The number of aliphatic hydroxyl groups is 1. The molecule has 0 saturated carbocycles. The highest BCUT2D eigenvalue weighted by Crippen LogP contribution is 2.51. The molecule has 0 aliphatic rings. The molecule has 0 spiro atoms. The van der Waals surface area contributed by atoms with Crippen LogP contribution in [0.15, 0.2) is 60.7 Å². The van der Waals surface area contributed by atoms with Gasteiger partial charge in [0.15, 0.2) is 7.14 Å². The van der Waals surface area contributed by atoms with Crippen molar-refractivity contribution in [3.05, 3.63) is 60.7 Å². The SMILES string of the molecule is CCC[C@@H](C[C@@H](O)[C@@H](OCC)P(=O)(c1ccccc1)c1ccccc1)NC(C)=O. The minimum atomic E-state index is -3.30. The highest BCUT2D eigenvalue weighted by Gasteiger charge is 2.42. The summed E-state index contributed by atoms with van der Waals surface area (Å²) in [6, 6.07) is 18.2. The van der Waals surface area contributed by atoms with Crippen molar-refractivity contribution in [2.75, 3.05) is 6.61 Å². The summed E-state index contributed by atoms with van der Waals surface area (Å²) in [5.74, 6) is -1.04. The van der Waals surface area contributed by atoms with E-state index in [0.29, 0.717) is 17.2 Å². The number of rotatable bonds is 11. The molecule has 29 heavy (non-hydrogen) atoms. The van der Waals surface area contributed by atoms with E-state index < -0.39 is 19.1 Å². The monoisotopic (exact) mass is 417 g/mol. The molecular weight excluding hydrogens is 385 g/mol. The van der Waals surface area contributed by atoms with E-state index in [-0.39, 0.29) is 18.4 Å². The van der Waals surface area contributed by atoms with Gasteiger partial charge in [0.2, 0.25) is 5.91 Å². The lowest BCUT2D eigenvalue weighted by molar-refractivity contribution is -0.120. The van der Waals surface area contributed by atoms with Crippen molar-refractivity contribution < 1.29 is 19.2 Å². The molecule has 2 N–H and O–H groups in total. The van der Waals surface area contributed by atoms with Gasteiger partial charge >= 0.3 is 0 Å². The first-order valence-corrected chi connectivity index (χ1v) is 12.0. The average molecular weight is 417 g/mol. The lowest BCUT2D eigenvalue weighted by Crippen LogP contribution is -2.42. The summed E-state index contributed by atoms with van der Waals surface area (Å²) in [6.45, 7) is 5.65. The maximum Gasteiger partial charge on any atom is 0.217 e. The third kappa shape index (κ3) is 6.02. The third-order valence-corrected chi connectivity index (χ3v) is 8.22. The van der Waals surface area contributed by atoms with E-state index in [2.05, 4.69) is 5.32 Å². The van der Waals surface area contributed by atoms with Crippen molar-refractivity contribution in [2.45, 2.75) is 58.0 Å². The molecule has 6 heteroatoms. The largest absolute Gasteiger partial charge is 0.390 e. The lowest BCUT2D eigenvalue weighted by Gasteiger charge is -2.33. The lowest BCUT2D eigenvalue weighted by atomic mass is 10.0. The minimum absolute atomic E-state index is 0.141. The number of carbonyl (C=O) groups excluding carboxylic acids is 1. The van der Waals surface area contributed by atoms with Gasteiger partial charge in [-0.1, -0.05) is 74.0 Å². The first-order chi connectivity index (χ1) is 13.9. The maximum absolute atomic E-state index is 14.5. The van der Waals surface area contributed by atoms with Crippen LogP contribution in [0.25, 0.3) is 0 Å². The van der Waals surface area contributed by atoms with Crippen molar-refractivity contribution in [3.8, 4) is 0 Å². The first kappa shape index (κ1) is 23.3. The summed E-state index contributed by atoms with van der Waals surface area (Å²) >= 11 is 0. The van der Waals surface area contributed by atoms with Gasteiger partial charge < -0.3 is 19.7 Å². The molecule has 0 bridgehead atoms. The van der Waals surface area contributed by atoms with Gasteiger partial charge in [-0.15, -0.1) is 0 Å². The molecule has 0 aliphatic heterocycles. The fourth-order valence-electron chi connectivity index (χ4n) is 3.66. The molecule has 158 valence electrons. The van der Waals surface area contributed by atoms with Gasteiger partial charge in [-0.3, -0.25) is 4.79 Å². The standard InChI is InChI=1S/C23H32NO4P/c1-4-12-19(24-18(3)25)17-22(26)23(28-5-2)29(27,20-13-8-6-9-14-20)21-15-10-7-11-16-21/h6-11,13-16,19,22-23,26H,4-5,12,17H2,1-3H3,(H,24,25)/t19-,22+,23-/m0/s1. The third-order valence-electron chi connectivity index (χ3n) is 4.88. The Morgan fingerprint density at radius 2 is 1.55 bits per heavy atom. The van der Waals surface area contributed by atoms with Crippen LogP contribution in [-0.4, -0.2) is 35.6 Å². The number of carbonyl (C=O) groups is 1. The number of amides is 1. The summed E-state index contributed by atoms with van der Waals surface area (Å²) in [5.41, 5.74) is 0. The Balaban J connectivity index is 2.46. The van der Waals surface area contributed by atoms with Gasteiger partial charge in [-0.05, 0) is 19.8 Å². The van der Waals surface area contributed by atoms with Crippen molar-refractivity contribution >= 4 is 23.7 Å². The van der Waals surface area contributed by atoms with Crippen molar-refractivity contribution in [1.82, 2.24) is 5.32 Å². The van der Waals surface area contributed by atoms with E-state index in [9.17, 15) is 14.5 Å². The Bertz CT molecular complexity index is 754. The molecule has 0 aromatic heterocycles. The number of hydrogen-bond acceptors (Lipinski definition) is 4. The molecule has 2 rings (SSSR count). The maximum atomic E-state index is 14.5. The number of benzene rings is 2. The van der Waals surface area contributed by atoms with Gasteiger partial charge in [-0.25, -0.2) is 0 Å². The molecular formula is C23H32NO4P. The Morgan fingerprint density at radius 1 is 1.03 bits per heavy atom. The Morgan fingerprint density at radius 3 is 1.97 bits per heavy atom. The quantitative estimate of drug-likeness (QED) is 0.550. The number of hydrogen-bond donors (Lipinski definition) is 2. The van der Waals surface area contributed by atoms with E-state index in [0.717, 1.165) is 12.8 Å². The Kier molecular flexibility index (Phi) is 9.09. The topological polar surface area (TPSA) is 75.6 Å². The molecule has 3 atom stereocenters. The van der Waals surface area contributed by atoms with E-state index >= 15 is 0 Å². The minimum Gasteiger partial charge on any atom is -0.390 e. The summed E-state index contributed by atoms with van der Waals surface area (Å²) in [5, 5.41) is 15.4. The van der Waals surface area contributed by atoms with Gasteiger partial charge in [0.05, 0.1) is 6.10 Å². The van der Waals surface area contributed by atoms with Crippen LogP contribution < -0.4 is 15.9 Å². The number of aliphatic hydroxyl groups excluding tert-OH is 1. The van der Waals surface area contributed by atoms with Crippen molar-refractivity contribution in [3.63, 3.8) is 0 Å². The molecule has 1 amide bonds. The van der Waals surface area contributed by atoms with Gasteiger partial charge in [-0.2, -0.15) is 0 Å². The van der Waals surface area contributed by atoms with E-state index in [1.54, 1.807) is 0 Å². The van der Waals surface area contributed by atoms with E-state index in [4.69, 9.17) is 4.74 Å². The molecule has 0 fully saturated rings. The second-order valence-electron chi connectivity index (χ2n) is 7.16. The fraction of sp³-hybridized carbons (Fsp3) is 0.435. The van der Waals surface area contributed by atoms with E-state index in [1.807, 2.05) is 74.5 Å². The molecule has 0 saturated heterocycles. The zero-order valence-corrected chi connectivity index (χ0v) is 18.3. The van der Waals surface area contributed by atoms with Crippen LogP contribution in [0.3, 0.4) is 0 Å². The summed E-state index contributed by atoms with van der Waals surface area (Å²) in [6.07, 6.45) is 0.883. The zero-order chi connectivity index (χ0) is 21.3.